The summed E-state index contributed by atoms with van der Waals surface area (Å²) in [5, 5.41) is 0.809. The molecule has 3 aromatic rings. The lowest BCUT2D eigenvalue weighted by atomic mass is 10.0. The average molecular weight is 342 g/mol. The maximum absolute atomic E-state index is 13.0. The predicted octanol–water partition coefficient (Wildman–Crippen LogP) is 3.08. The van der Waals surface area contributed by atoms with Crippen molar-refractivity contribution in [2.45, 2.75) is 12.5 Å². The van der Waals surface area contributed by atoms with Gasteiger partial charge in [-0.25, -0.2) is 18.6 Å². The van der Waals surface area contributed by atoms with Gasteiger partial charge in [0.2, 0.25) is 0 Å². The van der Waals surface area contributed by atoms with Crippen LogP contribution in [-0.2, 0) is 6.54 Å². The van der Waals surface area contributed by atoms with E-state index in [1.54, 1.807) is 23.4 Å². The molecule has 0 spiro atoms. The van der Waals surface area contributed by atoms with Gasteiger partial charge < -0.3 is 5.73 Å². The highest BCUT2D eigenvalue weighted by Crippen LogP contribution is 2.29. The van der Waals surface area contributed by atoms with Crippen LogP contribution in [0.5, 0.6) is 0 Å². The summed E-state index contributed by atoms with van der Waals surface area (Å²) in [6, 6.07) is 10.9. The van der Waals surface area contributed by atoms with Crippen LogP contribution in [0.3, 0.4) is 0 Å². The van der Waals surface area contributed by atoms with Crippen LogP contribution in [-0.4, -0.2) is 39.5 Å². The second-order valence-corrected chi connectivity index (χ2v) is 6.36. The molecule has 1 aliphatic heterocycles. The van der Waals surface area contributed by atoms with Crippen LogP contribution in [0.1, 0.15) is 5.56 Å². The first-order valence-electron chi connectivity index (χ1n) is 7.88. The van der Waals surface area contributed by atoms with Gasteiger partial charge in [0.25, 0.3) is 5.92 Å². The van der Waals surface area contributed by atoms with E-state index in [2.05, 4.69) is 4.98 Å². The van der Waals surface area contributed by atoms with E-state index in [1.807, 2.05) is 30.3 Å². The molecule has 0 saturated carbocycles. The molecule has 7 heteroatoms. The van der Waals surface area contributed by atoms with Gasteiger partial charge in [0.1, 0.15) is 5.65 Å². The number of hydrogen-bond donors (Lipinski definition) is 1. The lowest BCUT2D eigenvalue weighted by molar-refractivity contribution is -0.133. The molecule has 5 nitrogen and oxygen atoms in total. The zero-order chi connectivity index (χ0) is 17.6. The molecule has 0 radical (unpaired) electrons. The number of hydrogen-bond acceptors (Lipinski definition) is 3. The monoisotopic (exact) mass is 342 g/mol. The standard InChI is InChI=1S/C18H16F2N4O/c19-18(20)10-23(11-18)9-12-2-1-3-13(6-12)15-7-14-4-5-24(17(21)25)16(14)22-8-15/h1-8H,9-11H2,(H2,21,25). The zero-order valence-electron chi connectivity index (χ0n) is 13.3. The number of amides is 1. The number of primary amides is 1. The molecule has 2 aromatic heterocycles. The smallest absolute Gasteiger partial charge is 0.324 e. The van der Waals surface area contributed by atoms with Crippen molar-refractivity contribution >= 4 is 17.1 Å². The first kappa shape index (κ1) is 15.7. The fourth-order valence-corrected chi connectivity index (χ4v) is 3.19. The minimum atomic E-state index is -2.56. The molecule has 1 fully saturated rings. The summed E-state index contributed by atoms with van der Waals surface area (Å²) in [6.45, 7) is 0.119. The van der Waals surface area contributed by atoms with Gasteiger partial charge in [-0.05, 0) is 29.3 Å². The van der Waals surface area contributed by atoms with Crippen molar-refractivity contribution in [2.75, 3.05) is 13.1 Å². The quantitative estimate of drug-likeness (QED) is 0.795. The molecule has 3 heterocycles. The number of carbonyl (C=O) groups is 1. The van der Waals surface area contributed by atoms with Gasteiger partial charge in [0.15, 0.2) is 0 Å². The number of fused-ring (bicyclic) bond motifs is 1. The summed E-state index contributed by atoms with van der Waals surface area (Å²) < 4.78 is 27.2. The topological polar surface area (TPSA) is 64.2 Å². The van der Waals surface area contributed by atoms with Crippen molar-refractivity contribution in [3.8, 4) is 11.1 Å². The molecular formula is C18H16F2N4O. The van der Waals surface area contributed by atoms with Gasteiger partial charge in [0.05, 0.1) is 13.1 Å². The summed E-state index contributed by atoms with van der Waals surface area (Å²) in [5.74, 6) is -2.56. The number of nitrogens with two attached hydrogens (primary N) is 1. The number of halogens is 2. The highest BCUT2D eigenvalue weighted by Gasteiger charge is 2.43. The number of carbonyl (C=O) groups excluding carboxylic acids is 1. The van der Waals surface area contributed by atoms with E-state index in [-0.39, 0.29) is 13.1 Å². The molecule has 0 bridgehead atoms. The Bertz CT molecular complexity index is 959. The van der Waals surface area contributed by atoms with Gasteiger partial charge in [-0.2, -0.15) is 0 Å². The second-order valence-electron chi connectivity index (χ2n) is 6.36. The van der Waals surface area contributed by atoms with Crippen LogP contribution in [0.4, 0.5) is 13.6 Å². The Balaban J connectivity index is 1.60. The first-order valence-corrected chi connectivity index (χ1v) is 7.88. The van der Waals surface area contributed by atoms with Crippen molar-refractivity contribution in [1.29, 1.82) is 0 Å². The molecule has 1 aliphatic rings. The highest BCUT2D eigenvalue weighted by molar-refractivity contribution is 5.90. The van der Waals surface area contributed by atoms with Gasteiger partial charge >= 0.3 is 6.03 Å². The number of benzene rings is 1. The summed E-state index contributed by atoms with van der Waals surface area (Å²) in [6.07, 6.45) is 3.27. The Labute approximate surface area is 142 Å². The largest absolute Gasteiger partial charge is 0.351 e. The summed E-state index contributed by atoms with van der Waals surface area (Å²) in [7, 11) is 0. The summed E-state index contributed by atoms with van der Waals surface area (Å²) in [5.41, 5.74) is 8.63. The summed E-state index contributed by atoms with van der Waals surface area (Å²) in [4.78, 5) is 17.4. The third kappa shape index (κ3) is 2.98. The lowest BCUT2D eigenvalue weighted by Crippen LogP contribution is -2.55. The number of likely N-dealkylation sites (tertiary alicyclic amines) is 1. The molecule has 0 aliphatic carbocycles. The Morgan fingerprint density at radius 3 is 2.72 bits per heavy atom. The molecule has 128 valence electrons. The zero-order valence-corrected chi connectivity index (χ0v) is 13.3. The van der Waals surface area contributed by atoms with E-state index >= 15 is 0 Å². The SMILES string of the molecule is NC(=O)n1ccc2cc(-c3cccc(CN4CC(F)(F)C4)c3)cnc21. The van der Waals surface area contributed by atoms with Crippen molar-refractivity contribution in [3.63, 3.8) is 0 Å². The molecule has 1 saturated heterocycles. The third-order valence-electron chi connectivity index (χ3n) is 4.34. The van der Waals surface area contributed by atoms with E-state index in [9.17, 15) is 13.6 Å². The second kappa shape index (κ2) is 5.63. The molecule has 4 rings (SSSR count). The number of rotatable bonds is 3. The average Bonchev–Trinajstić information content (AvgIpc) is 2.96. The molecule has 25 heavy (non-hydrogen) atoms. The fraction of sp³-hybridized carbons (Fsp3) is 0.222. The fourth-order valence-electron chi connectivity index (χ4n) is 3.19. The van der Waals surface area contributed by atoms with Gasteiger partial charge in [-0.15, -0.1) is 0 Å². The molecule has 1 amide bonds. The van der Waals surface area contributed by atoms with Crippen LogP contribution in [0, 0.1) is 0 Å². The van der Waals surface area contributed by atoms with Crippen LogP contribution in [0.2, 0.25) is 0 Å². The maximum Gasteiger partial charge on any atom is 0.324 e. The van der Waals surface area contributed by atoms with Crippen LogP contribution in [0.15, 0.2) is 48.8 Å². The van der Waals surface area contributed by atoms with E-state index < -0.39 is 12.0 Å². The van der Waals surface area contributed by atoms with E-state index in [0.717, 1.165) is 22.1 Å². The van der Waals surface area contributed by atoms with E-state index in [4.69, 9.17) is 5.73 Å². The minimum Gasteiger partial charge on any atom is -0.351 e. The molecule has 2 N–H and O–H groups in total. The first-order chi connectivity index (χ1) is 11.9. The van der Waals surface area contributed by atoms with E-state index in [0.29, 0.717) is 12.2 Å². The summed E-state index contributed by atoms with van der Waals surface area (Å²) >= 11 is 0. The number of alkyl halides is 2. The van der Waals surface area contributed by atoms with E-state index in [1.165, 1.54) is 4.57 Å². The maximum atomic E-state index is 13.0. The molecule has 0 unspecified atom stereocenters. The third-order valence-corrected chi connectivity index (χ3v) is 4.34. The van der Waals surface area contributed by atoms with Gasteiger partial charge in [-0.1, -0.05) is 18.2 Å². The Hall–Kier alpha value is -2.80. The predicted molar refractivity (Wildman–Crippen MR) is 90.4 cm³/mol. The van der Waals surface area contributed by atoms with Crippen molar-refractivity contribution < 1.29 is 13.6 Å². The minimum absolute atomic E-state index is 0.189. The van der Waals surface area contributed by atoms with Crippen molar-refractivity contribution in [2.24, 2.45) is 5.73 Å². The normalized spacial score (nSPS) is 16.7. The van der Waals surface area contributed by atoms with Gasteiger partial charge in [-0.3, -0.25) is 9.47 Å². The van der Waals surface area contributed by atoms with Crippen LogP contribution < -0.4 is 5.73 Å². The Morgan fingerprint density at radius 1 is 1.20 bits per heavy atom. The highest BCUT2D eigenvalue weighted by atomic mass is 19.3. The molecule has 0 atom stereocenters. The number of aromatic nitrogens is 2. The van der Waals surface area contributed by atoms with Crippen LogP contribution >= 0.6 is 0 Å². The molecular weight excluding hydrogens is 326 g/mol. The van der Waals surface area contributed by atoms with Crippen molar-refractivity contribution in [3.05, 3.63) is 54.4 Å². The van der Waals surface area contributed by atoms with Crippen molar-refractivity contribution in [1.82, 2.24) is 14.5 Å². The number of nitrogens with zero attached hydrogens (tertiary/aromatic N) is 3. The number of pyridine rings is 1. The molecule has 1 aromatic carbocycles. The van der Waals surface area contributed by atoms with Crippen LogP contribution in [0.25, 0.3) is 22.2 Å². The Morgan fingerprint density at radius 2 is 2.00 bits per heavy atom. The Kier molecular flexibility index (Phi) is 3.54. The lowest BCUT2D eigenvalue weighted by Gasteiger charge is -2.38. The van der Waals surface area contributed by atoms with Gasteiger partial charge in [0, 0.05) is 29.9 Å².